The van der Waals surface area contributed by atoms with Crippen LogP contribution in [0, 0.1) is 20.2 Å². The Morgan fingerprint density at radius 2 is 0.935 bits per heavy atom. The van der Waals surface area contributed by atoms with Crippen molar-refractivity contribution in [3.63, 3.8) is 0 Å². The molecule has 2 rings (SSSR count). The molecule has 2 aromatic carbocycles. The van der Waals surface area contributed by atoms with E-state index < -0.39 is 29.9 Å². The maximum absolute atomic E-state index is 12.1. The summed E-state index contributed by atoms with van der Waals surface area (Å²) in [5.41, 5.74) is -0.450. The van der Waals surface area contributed by atoms with Gasteiger partial charge in [0.25, 0.3) is 11.4 Å². The minimum atomic E-state index is -3.84. The third kappa shape index (κ3) is 7.04. The molecule has 0 fully saturated rings. The van der Waals surface area contributed by atoms with Gasteiger partial charge in [0, 0.05) is 50.4 Å². The minimum Gasteiger partial charge on any atom is -0.314 e. The highest BCUT2D eigenvalue weighted by Gasteiger charge is 2.16. The fraction of sp³-hybridized carbons (Fsp3) is 0.250. The van der Waals surface area contributed by atoms with Crippen LogP contribution in [0.1, 0.15) is 0 Å². The van der Waals surface area contributed by atoms with Crippen LogP contribution >= 0.6 is 0 Å². The van der Waals surface area contributed by atoms with Gasteiger partial charge in [0.1, 0.15) is 0 Å². The van der Waals surface area contributed by atoms with Gasteiger partial charge in [-0.2, -0.15) is 0 Å². The quantitative estimate of drug-likeness (QED) is 0.222. The van der Waals surface area contributed by atoms with Crippen molar-refractivity contribution in [3.8, 4) is 0 Å². The zero-order valence-corrected chi connectivity index (χ0v) is 17.6. The van der Waals surface area contributed by atoms with E-state index in [0.29, 0.717) is 0 Å². The molecule has 0 saturated heterocycles. The molecule has 0 unspecified atom stereocenters. The van der Waals surface area contributed by atoms with Crippen molar-refractivity contribution in [2.24, 2.45) is 0 Å². The number of sulfonamides is 2. The lowest BCUT2D eigenvalue weighted by Crippen LogP contribution is -2.36. The van der Waals surface area contributed by atoms with Crippen LogP contribution in [0.4, 0.5) is 11.4 Å². The molecule has 15 heteroatoms. The first kappa shape index (κ1) is 24.3. The summed E-state index contributed by atoms with van der Waals surface area (Å²) < 4.78 is 53.1. The van der Waals surface area contributed by atoms with E-state index in [2.05, 4.69) is 14.8 Å². The molecule has 0 saturated carbocycles. The van der Waals surface area contributed by atoms with Crippen molar-refractivity contribution in [1.82, 2.24) is 14.8 Å². The lowest BCUT2D eigenvalue weighted by atomic mass is 10.3. The molecule has 0 aliphatic carbocycles. The lowest BCUT2D eigenvalue weighted by Gasteiger charge is -2.09. The van der Waals surface area contributed by atoms with E-state index in [4.69, 9.17) is 0 Å². The maximum Gasteiger partial charge on any atom is 0.269 e. The molecule has 0 aliphatic heterocycles. The Hall–Kier alpha value is -2.98. The summed E-state index contributed by atoms with van der Waals surface area (Å²) in [5, 5.41) is 24.1. The summed E-state index contributed by atoms with van der Waals surface area (Å²) in [6, 6.07) is 8.85. The smallest absolute Gasteiger partial charge is 0.269 e. The molecule has 31 heavy (non-hydrogen) atoms. The third-order valence-corrected chi connectivity index (χ3v) is 6.86. The Kier molecular flexibility index (Phi) is 8.12. The van der Waals surface area contributed by atoms with Crippen LogP contribution in [0.2, 0.25) is 0 Å². The van der Waals surface area contributed by atoms with Crippen molar-refractivity contribution in [3.05, 3.63) is 68.8 Å². The molecule has 168 valence electrons. The van der Waals surface area contributed by atoms with Gasteiger partial charge in [-0.15, -0.1) is 0 Å². The van der Waals surface area contributed by atoms with Crippen molar-refractivity contribution >= 4 is 31.4 Å². The monoisotopic (exact) mass is 473 g/mol. The molecule has 0 heterocycles. The molecule has 0 bridgehead atoms. The molecule has 0 spiro atoms. The van der Waals surface area contributed by atoms with Crippen LogP contribution in [0.25, 0.3) is 0 Å². The molecular weight excluding hydrogens is 454 g/mol. The summed E-state index contributed by atoms with van der Waals surface area (Å²) >= 11 is 0. The largest absolute Gasteiger partial charge is 0.314 e. The van der Waals surface area contributed by atoms with Gasteiger partial charge >= 0.3 is 0 Å². The highest BCUT2D eigenvalue weighted by atomic mass is 32.2. The summed E-state index contributed by atoms with van der Waals surface area (Å²) in [5.74, 6) is 0. The van der Waals surface area contributed by atoms with E-state index in [0.717, 1.165) is 48.5 Å². The van der Waals surface area contributed by atoms with Crippen LogP contribution in [0.5, 0.6) is 0 Å². The Morgan fingerprint density at radius 3 is 1.23 bits per heavy atom. The van der Waals surface area contributed by atoms with Gasteiger partial charge in [0.2, 0.25) is 20.0 Å². The number of nitrogens with zero attached hydrogens (tertiary/aromatic N) is 2. The highest BCUT2D eigenvalue weighted by Crippen LogP contribution is 2.16. The van der Waals surface area contributed by atoms with Crippen molar-refractivity contribution in [2.45, 2.75) is 9.79 Å². The van der Waals surface area contributed by atoms with E-state index in [1.165, 1.54) is 0 Å². The average Bonchev–Trinajstić information content (AvgIpc) is 2.73. The zero-order valence-electron chi connectivity index (χ0n) is 15.9. The van der Waals surface area contributed by atoms with Crippen LogP contribution < -0.4 is 14.8 Å². The van der Waals surface area contributed by atoms with E-state index in [9.17, 15) is 37.1 Å². The Morgan fingerprint density at radius 1 is 0.613 bits per heavy atom. The molecule has 2 aromatic rings. The minimum absolute atomic E-state index is 0.00836. The number of benzene rings is 2. The van der Waals surface area contributed by atoms with Crippen LogP contribution in [-0.4, -0.2) is 52.9 Å². The molecule has 0 amide bonds. The molecule has 0 aromatic heterocycles. The van der Waals surface area contributed by atoms with Crippen LogP contribution in [0.15, 0.2) is 58.3 Å². The van der Waals surface area contributed by atoms with Gasteiger partial charge in [-0.3, -0.25) is 20.2 Å². The molecule has 0 atom stereocenters. The van der Waals surface area contributed by atoms with E-state index in [-0.39, 0.29) is 47.3 Å². The van der Waals surface area contributed by atoms with Gasteiger partial charge in [0.05, 0.1) is 19.6 Å². The molecule has 3 N–H and O–H groups in total. The van der Waals surface area contributed by atoms with Gasteiger partial charge in [-0.1, -0.05) is 0 Å². The molecule has 13 nitrogen and oxygen atoms in total. The number of nitrogens with one attached hydrogen (secondary N) is 3. The third-order valence-electron chi connectivity index (χ3n) is 3.90. The first-order chi connectivity index (χ1) is 14.5. The summed E-state index contributed by atoms with van der Waals surface area (Å²) in [7, 11) is -7.67. The number of nitro benzene ring substituents is 2. The predicted octanol–water partition coefficient (Wildman–Crippen LogP) is 0.349. The second kappa shape index (κ2) is 10.4. The van der Waals surface area contributed by atoms with Gasteiger partial charge in [0.15, 0.2) is 0 Å². The molecular formula is C16H19N5O8S2. The van der Waals surface area contributed by atoms with Gasteiger partial charge in [-0.25, -0.2) is 26.3 Å². The van der Waals surface area contributed by atoms with Crippen molar-refractivity contribution in [2.75, 3.05) is 26.2 Å². The summed E-state index contributed by atoms with van der Waals surface area (Å²) in [4.78, 5) is 19.7. The zero-order chi connectivity index (χ0) is 23.1. The Balaban J connectivity index is 1.73. The van der Waals surface area contributed by atoms with E-state index >= 15 is 0 Å². The lowest BCUT2D eigenvalue weighted by molar-refractivity contribution is -0.385. The second-order valence-electron chi connectivity index (χ2n) is 6.05. The normalized spacial score (nSPS) is 11.9. The van der Waals surface area contributed by atoms with E-state index in [1.807, 2.05) is 0 Å². The maximum atomic E-state index is 12.1. The average molecular weight is 473 g/mol. The first-order valence-corrected chi connectivity index (χ1v) is 11.7. The van der Waals surface area contributed by atoms with Gasteiger partial charge in [-0.05, 0) is 24.3 Å². The number of non-ortho nitro benzene ring substituents is 2. The first-order valence-electron chi connectivity index (χ1n) is 8.72. The molecule has 0 radical (unpaired) electrons. The van der Waals surface area contributed by atoms with Crippen molar-refractivity contribution < 1.29 is 26.7 Å². The SMILES string of the molecule is O=[N+]([O-])c1ccc(S(=O)(=O)NCCNCCNS(=O)(=O)c2ccc([N+](=O)[O-])cc2)cc1. The van der Waals surface area contributed by atoms with Crippen molar-refractivity contribution in [1.29, 1.82) is 0 Å². The fourth-order valence-corrected chi connectivity index (χ4v) is 4.40. The topological polar surface area (TPSA) is 191 Å². The molecule has 0 aliphatic rings. The fourth-order valence-electron chi connectivity index (χ4n) is 2.33. The second-order valence-corrected chi connectivity index (χ2v) is 9.58. The number of hydrogen-bond donors (Lipinski definition) is 3. The Labute approximate surface area is 177 Å². The van der Waals surface area contributed by atoms with Crippen LogP contribution in [-0.2, 0) is 20.0 Å². The van der Waals surface area contributed by atoms with Gasteiger partial charge < -0.3 is 5.32 Å². The predicted molar refractivity (Wildman–Crippen MR) is 109 cm³/mol. The highest BCUT2D eigenvalue weighted by molar-refractivity contribution is 7.89. The van der Waals surface area contributed by atoms with E-state index in [1.54, 1.807) is 0 Å². The number of nitro groups is 2. The number of rotatable bonds is 12. The summed E-state index contributed by atoms with van der Waals surface area (Å²) in [6.45, 7) is 0.416. The number of hydrogen-bond acceptors (Lipinski definition) is 9. The summed E-state index contributed by atoms with van der Waals surface area (Å²) in [6.07, 6.45) is 0. The Bertz CT molecular complexity index is 1040. The van der Waals surface area contributed by atoms with Crippen LogP contribution in [0.3, 0.4) is 0 Å². The standard InChI is InChI=1S/C16H19N5O8S2/c22-20(23)13-1-5-15(6-2-13)30(26,27)18-11-9-17-10-12-19-31(28,29)16-7-3-14(4-8-16)21(24)25/h1-8,17-19H,9-12H2.